The van der Waals surface area contributed by atoms with E-state index in [9.17, 15) is 4.79 Å². The van der Waals surface area contributed by atoms with Crippen LogP contribution in [-0.4, -0.2) is 37.5 Å². The van der Waals surface area contributed by atoms with E-state index < -0.39 is 5.41 Å². The molecule has 0 saturated carbocycles. The predicted molar refractivity (Wildman–Crippen MR) is 136 cm³/mol. The number of allylic oxidation sites excluding steroid dienone is 6. The monoisotopic (exact) mass is 441 g/mol. The predicted octanol–water partition coefficient (Wildman–Crippen LogP) is 5.66. The molecule has 2 aromatic rings. The fourth-order valence-corrected chi connectivity index (χ4v) is 5.37. The number of anilines is 1. The van der Waals surface area contributed by atoms with Crippen LogP contribution in [0.1, 0.15) is 38.3 Å². The summed E-state index contributed by atoms with van der Waals surface area (Å²) >= 11 is 0. The molecule has 2 aromatic carbocycles. The van der Waals surface area contributed by atoms with Gasteiger partial charge in [0.1, 0.15) is 7.05 Å². The van der Waals surface area contributed by atoms with E-state index in [-0.39, 0.29) is 11.4 Å². The van der Waals surface area contributed by atoms with Gasteiger partial charge in [-0.25, -0.2) is 0 Å². The molecule has 0 saturated heterocycles. The van der Waals surface area contributed by atoms with Crippen molar-refractivity contribution < 1.29 is 14.1 Å². The number of nitrogens with zero attached hydrogens (tertiary/aromatic N) is 2. The van der Waals surface area contributed by atoms with Crippen LogP contribution in [0, 0.1) is 0 Å². The van der Waals surface area contributed by atoms with Crippen molar-refractivity contribution in [2.75, 3.05) is 26.1 Å². The molecule has 2 heterocycles. The van der Waals surface area contributed by atoms with Crippen molar-refractivity contribution in [2.24, 2.45) is 0 Å². The quantitative estimate of drug-likeness (QED) is 0.341. The number of ether oxygens (including phenoxy) is 1. The number of hydrogen-bond acceptors (Lipinski definition) is 3. The zero-order valence-corrected chi connectivity index (χ0v) is 20.4. The van der Waals surface area contributed by atoms with Crippen LogP contribution >= 0.6 is 0 Å². The highest BCUT2D eigenvalue weighted by Crippen LogP contribution is 2.49. The first-order valence-electron chi connectivity index (χ1n) is 11.4. The number of para-hydroxylation sites is 2. The molecule has 170 valence electrons. The number of hydrogen-bond donors (Lipinski definition) is 0. The van der Waals surface area contributed by atoms with Gasteiger partial charge in [-0.2, -0.15) is 4.58 Å². The number of benzene rings is 2. The van der Waals surface area contributed by atoms with E-state index >= 15 is 0 Å². The summed E-state index contributed by atoms with van der Waals surface area (Å²) in [5.41, 5.74) is 6.76. The molecule has 4 heteroatoms. The lowest BCUT2D eigenvalue weighted by Gasteiger charge is -2.27. The molecule has 0 fully saturated rings. The van der Waals surface area contributed by atoms with Crippen molar-refractivity contribution in [1.29, 1.82) is 0 Å². The van der Waals surface area contributed by atoms with Gasteiger partial charge in [0.2, 0.25) is 5.69 Å². The molecular weight excluding hydrogens is 408 g/mol. The van der Waals surface area contributed by atoms with Gasteiger partial charge < -0.3 is 9.64 Å². The summed E-state index contributed by atoms with van der Waals surface area (Å²) in [5, 5.41) is 0. The Kier molecular flexibility index (Phi) is 5.87. The summed E-state index contributed by atoms with van der Waals surface area (Å²) in [5.74, 6) is -0.208. The van der Waals surface area contributed by atoms with Gasteiger partial charge in [-0.1, -0.05) is 54.6 Å². The third-order valence-corrected chi connectivity index (χ3v) is 7.18. The van der Waals surface area contributed by atoms with Crippen molar-refractivity contribution in [3.63, 3.8) is 0 Å². The third-order valence-electron chi connectivity index (χ3n) is 7.18. The van der Waals surface area contributed by atoms with Crippen molar-refractivity contribution in [3.05, 3.63) is 95.7 Å². The van der Waals surface area contributed by atoms with Gasteiger partial charge in [0, 0.05) is 41.6 Å². The van der Waals surface area contributed by atoms with E-state index in [1.807, 2.05) is 12.1 Å². The van der Waals surface area contributed by atoms with Crippen molar-refractivity contribution >= 4 is 23.1 Å². The summed E-state index contributed by atoms with van der Waals surface area (Å²) in [6.45, 7) is 6.65. The van der Waals surface area contributed by atoms with Gasteiger partial charge in [0.15, 0.2) is 5.71 Å². The maximum absolute atomic E-state index is 12.2. The van der Waals surface area contributed by atoms with E-state index in [0.29, 0.717) is 6.42 Å². The molecule has 0 aromatic heterocycles. The Bertz CT molecular complexity index is 1220. The fourth-order valence-electron chi connectivity index (χ4n) is 5.37. The fraction of sp³-hybridized carbons (Fsp3) is 0.310. The minimum absolute atomic E-state index is 0.0411. The van der Waals surface area contributed by atoms with Crippen LogP contribution < -0.4 is 4.90 Å². The van der Waals surface area contributed by atoms with Crippen LogP contribution in [0.25, 0.3) is 0 Å². The molecule has 4 nitrogen and oxygen atoms in total. The summed E-state index contributed by atoms with van der Waals surface area (Å²) < 4.78 is 7.28. The van der Waals surface area contributed by atoms with Crippen molar-refractivity contribution in [3.8, 4) is 0 Å². The maximum atomic E-state index is 12.2. The standard InChI is InChI=1S/C29H33N2O2/c1-28(2)21-14-10-12-16-23(21)30(4)25(28)18-8-7-9-19-26-29(3,20-27(32)33-6)22-15-11-13-17-24(22)31(26)5/h7-19H,20H2,1-6H3/q+1. The SMILES string of the molecule is COC(=O)CC1(C)\C(=C/C=C/C=C/C2=[N+](C)c3ccccc3C2(C)C)N(C)c2ccccc21. The average Bonchev–Trinajstić information content (AvgIpc) is 3.13. The lowest BCUT2D eigenvalue weighted by molar-refractivity contribution is -0.401. The summed E-state index contributed by atoms with van der Waals surface area (Å²) in [4.78, 5) is 14.4. The van der Waals surface area contributed by atoms with Crippen LogP contribution in [0.5, 0.6) is 0 Å². The highest BCUT2D eigenvalue weighted by atomic mass is 16.5. The van der Waals surface area contributed by atoms with E-state index in [0.717, 1.165) is 16.9 Å². The second-order valence-electron chi connectivity index (χ2n) is 9.54. The molecule has 0 spiro atoms. The molecule has 2 aliphatic heterocycles. The molecule has 1 atom stereocenters. The van der Waals surface area contributed by atoms with Crippen LogP contribution in [0.3, 0.4) is 0 Å². The molecule has 0 amide bonds. The lowest BCUT2D eigenvalue weighted by atomic mass is 9.78. The highest BCUT2D eigenvalue weighted by molar-refractivity contribution is 6.03. The van der Waals surface area contributed by atoms with E-state index in [1.165, 1.54) is 24.1 Å². The van der Waals surface area contributed by atoms with Crippen LogP contribution in [-0.2, 0) is 20.4 Å². The molecule has 0 radical (unpaired) electrons. The number of likely N-dealkylation sites (N-methyl/N-ethyl adjacent to an activating group) is 1. The average molecular weight is 442 g/mol. The molecule has 0 bridgehead atoms. The smallest absolute Gasteiger partial charge is 0.306 e. The topological polar surface area (TPSA) is 32.6 Å². The minimum Gasteiger partial charge on any atom is -0.469 e. The first-order chi connectivity index (χ1) is 15.7. The Morgan fingerprint density at radius 3 is 2.36 bits per heavy atom. The highest BCUT2D eigenvalue weighted by Gasteiger charge is 2.44. The number of carbonyl (C=O) groups excluding carboxylic acids is 1. The molecule has 33 heavy (non-hydrogen) atoms. The van der Waals surface area contributed by atoms with Crippen molar-refractivity contribution in [1.82, 2.24) is 0 Å². The van der Waals surface area contributed by atoms with Gasteiger partial charge in [-0.05, 0) is 38.5 Å². The van der Waals surface area contributed by atoms with Gasteiger partial charge in [0.05, 0.1) is 18.9 Å². The van der Waals surface area contributed by atoms with E-state index in [1.54, 1.807) is 0 Å². The van der Waals surface area contributed by atoms with Gasteiger partial charge >= 0.3 is 5.97 Å². The molecule has 0 aliphatic carbocycles. The number of carbonyl (C=O) groups is 1. The summed E-state index contributed by atoms with van der Waals surface area (Å²) in [7, 11) is 5.63. The number of rotatable bonds is 5. The second kappa shape index (κ2) is 8.51. The number of fused-ring (bicyclic) bond motifs is 2. The first kappa shape index (κ1) is 22.8. The van der Waals surface area contributed by atoms with E-state index in [4.69, 9.17) is 4.74 Å². The van der Waals surface area contributed by atoms with Crippen LogP contribution in [0.15, 0.2) is 84.6 Å². The number of methoxy groups -OCH3 is 1. The largest absolute Gasteiger partial charge is 0.469 e. The summed E-state index contributed by atoms with van der Waals surface area (Å²) in [6.07, 6.45) is 10.8. The van der Waals surface area contributed by atoms with Gasteiger partial charge in [-0.15, -0.1) is 0 Å². The Morgan fingerprint density at radius 2 is 1.67 bits per heavy atom. The lowest BCUT2D eigenvalue weighted by Crippen LogP contribution is -2.29. The minimum atomic E-state index is -0.434. The Morgan fingerprint density at radius 1 is 1.00 bits per heavy atom. The van der Waals surface area contributed by atoms with Crippen LogP contribution in [0.2, 0.25) is 0 Å². The van der Waals surface area contributed by atoms with Gasteiger partial charge in [0.25, 0.3) is 0 Å². The molecule has 2 aliphatic rings. The zero-order chi connectivity index (χ0) is 23.8. The normalized spacial score (nSPS) is 22.5. The Balaban J connectivity index is 1.61. The molecular formula is C29H33N2O2+. The van der Waals surface area contributed by atoms with Gasteiger partial charge in [-0.3, -0.25) is 4.79 Å². The first-order valence-corrected chi connectivity index (χ1v) is 11.4. The maximum Gasteiger partial charge on any atom is 0.306 e. The zero-order valence-electron chi connectivity index (χ0n) is 20.4. The molecule has 1 unspecified atom stereocenters. The summed E-state index contributed by atoms with van der Waals surface area (Å²) in [6, 6.07) is 16.8. The second-order valence-corrected chi connectivity index (χ2v) is 9.54. The molecule has 4 rings (SSSR count). The van der Waals surface area contributed by atoms with Crippen molar-refractivity contribution in [2.45, 2.75) is 38.0 Å². The van der Waals surface area contributed by atoms with E-state index in [2.05, 4.69) is 111 Å². The molecule has 0 N–H and O–H groups in total. The Labute approximate surface area is 197 Å². The number of esters is 1. The Hall–Kier alpha value is -3.40. The van der Waals surface area contributed by atoms with Crippen LogP contribution in [0.4, 0.5) is 11.4 Å². The third kappa shape index (κ3) is 3.74.